The molecule has 0 aliphatic carbocycles. The van der Waals surface area contributed by atoms with Gasteiger partial charge in [-0.1, -0.05) is 25.1 Å². The highest BCUT2D eigenvalue weighted by Gasteiger charge is 2.36. The van der Waals surface area contributed by atoms with Gasteiger partial charge in [0.05, 0.1) is 17.1 Å². The van der Waals surface area contributed by atoms with Gasteiger partial charge in [-0.3, -0.25) is 9.59 Å². The van der Waals surface area contributed by atoms with Crippen molar-refractivity contribution < 1.29 is 22.7 Å². The number of rotatable bonds is 6. The van der Waals surface area contributed by atoms with Gasteiger partial charge in [0.25, 0.3) is 5.91 Å². The first-order valence-electron chi connectivity index (χ1n) is 9.52. The third-order valence-corrected chi connectivity index (χ3v) is 7.00. The molecule has 0 radical (unpaired) electrons. The van der Waals surface area contributed by atoms with Crippen molar-refractivity contribution in [1.29, 1.82) is 0 Å². The monoisotopic (exact) mass is 420 g/mol. The van der Waals surface area contributed by atoms with Crippen LogP contribution < -0.4 is 5.56 Å². The van der Waals surface area contributed by atoms with Gasteiger partial charge >= 0.3 is 5.97 Å². The summed E-state index contributed by atoms with van der Waals surface area (Å²) in [4.78, 5) is 41.3. The average Bonchev–Trinajstić information content (AvgIpc) is 3.04. The molecule has 0 bridgehead atoms. The summed E-state index contributed by atoms with van der Waals surface area (Å²) in [5.74, 6) is -1.24. The summed E-state index contributed by atoms with van der Waals surface area (Å²) in [5, 5.41) is 0.519. The molecule has 1 fully saturated rings. The molecule has 1 N–H and O–H groups in total. The maximum Gasteiger partial charge on any atom is 0.339 e. The van der Waals surface area contributed by atoms with Crippen LogP contribution in [0.3, 0.4) is 0 Å². The number of amides is 1. The van der Waals surface area contributed by atoms with Crippen LogP contribution in [0.25, 0.3) is 10.9 Å². The van der Waals surface area contributed by atoms with E-state index in [2.05, 4.69) is 4.98 Å². The zero-order chi connectivity index (χ0) is 21.2. The topological polar surface area (TPSA) is 114 Å². The van der Waals surface area contributed by atoms with Gasteiger partial charge in [0, 0.05) is 29.1 Å². The molecule has 1 aliphatic rings. The molecule has 2 atom stereocenters. The summed E-state index contributed by atoms with van der Waals surface area (Å²) in [5.41, 5.74) is 0.130. The number of hydrogen-bond acceptors (Lipinski definition) is 6. The lowest BCUT2D eigenvalue weighted by Gasteiger charge is -2.33. The lowest BCUT2D eigenvalue weighted by molar-refractivity contribution is -0.138. The summed E-state index contributed by atoms with van der Waals surface area (Å²) >= 11 is 0. The number of carbonyl (C=O) groups is 2. The predicted molar refractivity (Wildman–Crippen MR) is 109 cm³/mol. The minimum Gasteiger partial charge on any atom is -0.452 e. The van der Waals surface area contributed by atoms with Gasteiger partial charge in [-0.25, -0.2) is 13.2 Å². The van der Waals surface area contributed by atoms with Gasteiger partial charge in [-0.15, -0.1) is 0 Å². The highest BCUT2D eigenvalue weighted by Crippen LogP contribution is 2.22. The first kappa shape index (κ1) is 21.0. The Bertz CT molecular complexity index is 1090. The van der Waals surface area contributed by atoms with Crippen molar-refractivity contribution in [3.05, 3.63) is 46.2 Å². The molecular weight excluding hydrogens is 396 g/mol. The molecule has 156 valence electrons. The number of nitrogens with one attached hydrogen (secondary N) is 1. The fourth-order valence-corrected chi connectivity index (χ4v) is 5.37. The van der Waals surface area contributed by atoms with Crippen molar-refractivity contribution in [2.24, 2.45) is 0 Å². The SMILES string of the molecule is CCC(C)N(C(=O)COC(=O)c1cc(=O)[nH]c2ccccc12)C1CCS(=O)(=O)C1. The smallest absolute Gasteiger partial charge is 0.339 e. The van der Waals surface area contributed by atoms with E-state index in [0.717, 1.165) is 6.07 Å². The molecule has 2 aromatic rings. The normalized spacial score (nSPS) is 19.0. The molecule has 2 heterocycles. The molecule has 9 heteroatoms. The molecule has 1 aromatic carbocycles. The number of pyridine rings is 1. The molecule has 2 unspecified atom stereocenters. The molecule has 1 aromatic heterocycles. The quantitative estimate of drug-likeness (QED) is 0.709. The number of aromatic amines is 1. The van der Waals surface area contributed by atoms with Crippen LogP contribution in [0.5, 0.6) is 0 Å². The third-order valence-electron chi connectivity index (χ3n) is 5.25. The van der Waals surface area contributed by atoms with Crippen LogP contribution in [0.2, 0.25) is 0 Å². The van der Waals surface area contributed by atoms with Gasteiger partial charge in [0.2, 0.25) is 5.56 Å². The number of esters is 1. The first-order chi connectivity index (χ1) is 13.7. The Morgan fingerprint density at radius 2 is 2.03 bits per heavy atom. The molecule has 1 aliphatic heterocycles. The third kappa shape index (κ3) is 4.67. The van der Waals surface area contributed by atoms with E-state index in [1.807, 2.05) is 13.8 Å². The fourth-order valence-electron chi connectivity index (χ4n) is 3.65. The van der Waals surface area contributed by atoms with Crippen LogP contribution in [-0.4, -0.2) is 60.4 Å². The highest BCUT2D eigenvalue weighted by molar-refractivity contribution is 7.91. The molecule has 8 nitrogen and oxygen atoms in total. The van der Waals surface area contributed by atoms with Crippen LogP contribution in [0.1, 0.15) is 37.0 Å². The maximum atomic E-state index is 12.8. The highest BCUT2D eigenvalue weighted by atomic mass is 32.2. The van der Waals surface area contributed by atoms with Gasteiger partial charge < -0.3 is 14.6 Å². The van der Waals surface area contributed by atoms with E-state index in [1.165, 1.54) is 4.90 Å². The number of benzene rings is 1. The minimum atomic E-state index is -3.16. The summed E-state index contributed by atoms with van der Waals surface area (Å²) in [7, 11) is -3.16. The number of ether oxygens (including phenoxy) is 1. The maximum absolute atomic E-state index is 12.8. The van der Waals surface area contributed by atoms with Crippen LogP contribution >= 0.6 is 0 Å². The molecular formula is C20H24N2O6S. The average molecular weight is 420 g/mol. The number of aromatic nitrogens is 1. The molecule has 0 saturated carbocycles. The number of sulfone groups is 1. The first-order valence-corrected chi connectivity index (χ1v) is 11.3. The molecule has 3 rings (SSSR count). The standard InChI is InChI=1S/C20H24N2O6S/c1-3-13(2)22(14-8-9-29(26,27)12-14)19(24)11-28-20(25)16-10-18(23)21-17-7-5-4-6-15(16)17/h4-7,10,13-14H,3,8-9,11-12H2,1-2H3,(H,21,23). The fraction of sp³-hybridized carbons (Fsp3) is 0.450. The Morgan fingerprint density at radius 1 is 1.31 bits per heavy atom. The second-order valence-corrected chi connectivity index (χ2v) is 9.51. The van der Waals surface area contributed by atoms with Crippen molar-refractivity contribution in [3.63, 3.8) is 0 Å². The van der Waals surface area contributed by atoms with Crippen molar-refractivity contribution in [3.8, 4) is 0 Å². The molecule has 0 spiro atoms. The van der Waals surface area contributed by atoms with Gasteiger partial charge in [0.15, 0.2) is 16.4 Å². The Hall–Kier alpha value is -2.68. The zero-order valence-corrected chi connectivity index (χ0v) is 17.2. The van der Waals surface area contributed by atoms with Crippen molar-refractivity contribution >= 4 is 32.6 Å². The lowest BCUT2D eigenvalue weighted by atomic mass is 10.1. The van der Waals surface area contributed by atoms with Crippen LogP contribution in [-0.2, 0) is 19.4 Å². The predicted octanol–water partition coefficient (Wildman–Crippen LogP) is 1.50. The van der Waals surface area contributed by atoms with Gasteiger partial charge in [-0.2, -0.15) is 0 Å². The summed E-state index contributed by atoms with van der Waals surface area (Å²) in [6.45, 7) is 3.23. The second kappa shape index (κ2) is 8.36. The van der Waals surface area contributed by atoms with E-state index in [1.54, 1.807) is 24.3 Å². The van der Waals surface area contributed by atoms with E-state index in [-0.39, 0.29) is 23.1 Å². The van der Waals surface area contributed by atoms with Crippen molar-refractivity contribution in [2.45, 2.75) is 38.8 Å². The molecule has 1 saturated heterocycles. The van der Waals surface area contributed by atoms with Crippen molar-refractivity contribution in [2.75, 3.05) is 18.1 Å². The number of carbonyl (C=O) groups excluding carboxylic acids is 2. The van der Waals surface area contributed by atoms with E-state index < -0.39 is 39.9 Å². The number of nitrogens with zero attached hydrogens (tertiary/aromatic N) is 1. The van der Waals surface area contributed by atoms with Crippen LogP contribution in [0.4, 0.5) is 0 Å². The Balaban J connectivity index is 1.76. The lowest BCUT2D eigenvalue weighted by Crippen LogP contribution is -2.48. The molecule has 29 heavy (non-hydrogen) atoms. The number of fused-ring (bicyclic) bond motifs is 1. The van der Waals surface area contributed by atoms with Gasteiger partial charge in [0.1, 0.15) is 0 Å². The van der Waals surface area contributed by atoms with E-state index in [9.17, 15) is 22.8 Å². The van der Waals surface area contributed by atoms with Crippen LogP contribution in [0.15, 0.2) is 35.1 Å². The summed E-state index contributed by atoms with van der Waals surface area (Å²) < 4.78 is 28.9. The van der Waals surface area contributed by atoms with E-state index >= 15 is 0 Å². The van der Waals surface area contributed by atoms with E-state index in [0.29, 0.717) is 23.7 Å². The van der Waals surface area contributed by atoms with Crippen molar-refractivity contribution in [1.82, 2.24) is 9.88 Å². The Labute approximate surface area is 168 Å². The van der Waals surface area contributed by atoms with Crippen LogP contribution in [0, 0.1) is 0 Å². The second-order valence-electron chi connectivity index (χ2n) is 7.28. The number of para-hydroxylation sites is 1. The minimum absolute atomic E-state index is 0.0520. The summed E-state index contributed by atoms with van der Waals surface area (Å²) in [6, 6.07) is 7.36. The zero-order valence-electron chi connectivity index (χ0n) is 16.4. The largest absolute Gasteiger partial charge is 0.452 e. The Morgan fingerprint density at radius 3 is 2.69 bits per heavy atom. The summed E-state index contributed by atoms with van der Waals surface area (Å²) in [6.07, 6.45) is 1.03. The number of H-pyrrole nitrogens is 1. The Kier molecular flexibility index (Phi) is 6.07. The van der Waals surface area contributed by atoms with Gasteiger partial charge in [-0.05, 0) is 25.8 Å². The van der Waals surface area contributed by atoms with E-state index in [4.69, 9.17) is 4.74 Å². The molecule has 1 amide bonds. The number of hydrogen-bond donors (Lipinski definition) is 1.